The molecule has 0 bridgehead atoms. The normalized spacial score (nSPS) is 16.8. The monoisotopic (exact) mass is 180 g/mol. The molecule has 1 rings (SSSR count). The van der Waals surface area contributed by atoms with Crippen molar-refractivity contribution in [3.8, 4) is 0 Å². The molecule has 1 aliphatic rings. The van der Waals surface area contributed by atoms with Gasteiger partial charge in [0.1, 0.15) is 0 Å². The average Bonchev–Trinajstić information content (AvgIpc) is 2.17. The highest BCUT2D eigenvalue weighted by atomic mass is 16.2. The van der Waals surface area contributed by atoms with E-state index in [-0.39, 0.29) is 5.91 Å². The number of carbonyl (C=O) groups excluding carboxylic acids is 1. The summed E-state index contributed by atoms with van der Waals surface area (Å²) in [5.74, 6) is 0.167. The predicted molar refractivity (Wildman–Crippen MR) is 52.2 cm³/mol. The van der Waals surface area contributed by atoms with Crippen LogP contribution in [-0.4, -0.2) is 41.9 Å². The third-order valence-corrected chi connectivity index (χ3v) is 2.46. The Morgan fingerprint density at radius 3 is 2.00 bits per heavy atom. The van der Waals surface area contributed by atoms with Crippen molar-refractivity contribution in [3.63, 3.8) is 0 Å². The molecule has 0 aromatic heterocycles. The zero-order chi connectivity index (χ0) is 9.84. The van der Waals surface area contributed by atoms with Gasteiger partial charge in [-0.2, -0.15) is 0 Å². The van der Waals surface area contributed by atoms with Crippen LogP contribution in [0.3, 0.4) is 0 Å². The minimum atomic E-state index is 0.167. The number of hydrogen-bond acceptors (Lipinski definition) is 2. The van der Waals surface area contributed by atoms with E-state index in [0.29, 0.717) is 0 Å². The van der Waals surface area contributed by atoms with E-state index in [1.165, 1.54) is 0 Å². The SMILES string of the molecule is C=C=C(C)N1CCN(C(C)=O)CC1. The van der Waals surface area contributed by atoms with Gasteiger partial charge in [0.05, 0.1) is 5.70 Å². The van der Waals surface area contributed by atoms with Gasteiger partial charge in [-0.1, -0.05) is 6.58 Å². The summed E-state index contributed by atoms with van der Waals surface area (Å²) in [4.78, 5) is 15.1. The number of allylic oxidation sites excluding steroid dienone is 1. The van der Waals surface area contributed by atoms with Crippen molar-refractivity contribution >= 4 is 5.91 Å². The molecule has 1 heterocycles. The highest BCUT2D eigenvalue weighted by molar-refractivity contribution is 5.73. The van der Waals surface area contributed by atoms with Crippen LogP contribution in [0, 0.1) is 0 Å². The molecule has 0 spiro atoms. The van der Waals surface area contributed by atoms with Crippen molar-refractivity contribution in [2.24, 2.45) is 0 Å². The second kappa shape index (κ2) is 4.15. The minimum Gasteiger partial charge on any atom is -0.365 e. The fraction of sp³-hybridized carbons (Fsp3) is 0.600. The third-order valence-electron chi connectivity index (χ3n) is 2.46. The topological polar surface area (TPSA) is 23.6 Å². The summed E-state index contributed by atoms with van der Waals surface area (Å²) in [5.41, 5.74) is 3.94. The van der Waals surface area contributed by atoms with Crippen molar-refractivity contribution in [1.82, 2.24) is 9.80 Å². The fourth-order valence-corrected chi connectivity index (χ4v) is 1.47. The summed E-state index contributed by atoms with van der Waals surface area (Å²) in [6.45, 7) is 10.6. The number of amides is 1. The Kier molecular flexibility index (Phi) is 3.15. The lowest BCUT2D eigenvalue weighted by molar-refractivity contribution is -0.130. The Bertz CT molecular complexity index is 246. The molecule has 0 aromatic carbocycles. The van der Waals surface area contributed by atoms with Crippen LogP contribution in [0.15, 0.2) is 18.0 Å². The average molecular weight is 180 g/mol. The molecule has 0 unspecified atom stereocenters. The molecule has 72 valence electrons. The van der Waals surface area contributed by atoms with Gasteiger partial charge >= 0.3 is 0 Å². The second-order valence-electron chi connectivity index (χ2n) is 3.26. The summed E-state index contributed by atoms with van der Waals surface area (Å²) in [7, 11) is 0. The van der Waals surface area contributed by atoms with E-state index in [0.717, 1.165) is 31.9 Å². The minimum absolute atomic E-state index is 0.167. The van der Waals surface area contributed by atoms with Crippen LogP contribution < -0.4 is 0 Å². The van der Waals surface area contributed by atoms with Crippen LogP contribution in [-0.2, 0) is 4.79 Å². The molecule has 1 amide bonds. The largest absolute Gasteiger partial charge is 0.365 e. The number of nitrogens with zero attached hydrogens (tertiary/aromatic N) is 2. The van der Waals surface area contributed by atoms with E-state index in [4.69, 9.17) is 0 Å². The van der Waals surface area contributed by atoms with Crippen LogP contribution in [0.1, 0.15) is 13.8 Å². The Balaban J connectivity index is 2.48. The molecule has 0 atom stereocenters. The van der Waals surface area contributed by atoms with Gasteiger partial charge in [-0.05, 0) is 6.92 Å². The maximum absolute atomic E-state index is 11.0. The van der Waals surface area contributed by atoms with Crippen LogP contribution in [0.4, 0.5) is 0 Å². The van der Waals surface area contributed by atoms with Gasteiger partial charge in [-0.3, -0.25) is 4.79 Å². The van der Waals surface area contributed by atoms with E-state index in [1.807, 2.05) is 11.8 Å². The van der Waals surface area contributed by atoms with Crippen molar-refractivity contribution in [1.29, 1.82) is 0 Å². The maximum Gasteiger partial charge on any atom is 0.219 e. The van der Waals surface area contributed by atoms with Crippen molar-refractivity contribution in [2.45, 2.75) is 13.8 Å². The molecule has 1 fully saturated rings. The molecular weight excluding hydrogens is 164 g/mol. The van der Waals surface area contributed by atoms with Crippen LogP contribution >= 0.6 is 0 Å². The van der Waals surface area contributed by atoms with Gasteiger partial charge in [-0.15, -0.1) is 5.73 Å². The van der Waals surface area contributed by atoms with Crippen LogP contribution in [0.2, 0.25) is 0 Å². The van der Waals surface area contributed by atoms with Gasteiger partial charge in [0.15, 0.2) is 0 Å². The van der Waals surface area contributed by atoms with Crippen LogP contribution in [0.25, 0.3) is 0 Å². The first-order chi connectivity index (χ1) is 6.15. The quantitative estimate of drug-likeness (QED) is 0.558. The number of rotatable bonds is 1. The molecule has 0 saturated carbocycles. The van der Waals surface area contributed by atoms with E-state index >= 15 is 0 Å². The van der Waals surface area contributed by atoms with E-state index in [9.17, 15) is 4.79 Å². The summed E-state index contributed by atoms with van der Waals surface area (Å²) in [6, 6.07) is 0. The second-order valence-corrected chi connectivity index (χ2v) is 3.26. The molecular formula is C10H16N2O. The smallest absolute Gasteiger partial charge is 0.219 e. The third kappa shape index (κ3) is 2.36. The molecule has 0 radical (unpaired) electrons. The first-order valence-electron chi connectivity index (χ1n) is 4.52. The zero-order valence-corrected chi connectivity index (χ0v) is 8.34. The van der Waals surface area contributed by atoms with Crippen LogP contribution in [0.5, 0.6) is 0 Å². The number of hydrogen-bond donors (Lipinski definition) is 0. The Morgan fingerprint density at radius 2 is 1.62 bits per heavy atom. The van der Waals surface area contributed by atoms with Gasteiger partial charge in [0.25, 0.3) is 0 Å². The van der Waals surface area contributed by atoms with Gasteiger partial charge in [0, 0.05) is 33.1 Å². The summed E-state index contributed by atoms with van der Waals surface area (Å²) in [5, 5.41) is 0. The Morgan fingerprint density at radius 1 is 1.15 bits per heavy atom. The summed E-state index contributed by atoms with van der Waals surface area (Å²) >= 11 is 0. The van der Waals surface area contributed by atoms with Gasteiger partial charge in [0.2, 0.25) is 5.91 Å². The first-order valence-corrected chi connectivity index (χ1v) is 4.52. The molecule has 13 heavy (non-hydrogen) atoms. The molecule has 0 aliphatic carbocycles. The summed E-state index contributed by atoms with van der Waals surface area (Å²) in [6.07, 6.45) is 0. The maximum atomic E-state index is 11.0. The fourth-order valence-electron chi connectivity index (χ4n) is 1.47. The first kappa shape index (κ1) is 9.87. The molecule has 1 aliphatic heterocycles. The molecule has 1 saturated heterocycles. The standard InChI is InChI=1S/C10H16N2O/c1-4-9(2)11-5-7-12(8-6-11)10(3)13/h1,5-8H2,2-3H3. The highest BCUT2D eigenvalue weighted by Crippen LogP contribution is 2.07. The molecule has 3 heteroatoms. The molecule has 0 N–H and O–H groups in total. The lowest BCUT2D eigenvalue weighted by Gasteiger charge is -2.35. The predicted octanol–water partition coefficient (Wildman–Crippen LogP) is 0.839. The van der Waals surface area contributed by atoms with Crippen molar-refractivity contribution in [3.05, 3.63) is 18.0 Å². The lowest BCUT2D eigenvalue weighted by atomic mass is 10.3. The zero-order valence-electron chi connectivity index (χ0n) is 8.34. The highest BCUT2D eigenvalue weighted by Gasteiger charge is 2.17. The molecule has 3 nitrogen and oxygen atoms in total. The van der Waals surface area contributed by atoms with E-state index in [2.05, 4.69) is 17.2 Å². The van der Waals surface area contributed by atoms with Gasteiger partial charge in [-0.25, -0.2) is 0 Å². The molecule has 0 aromatic rings. The summed E-state index contributed by atoms with van der Waals surface area (Å²) < 4.78 is 0. The van der Waals surface area contributed by atoms with E-state index < -0.39 is 0 Å². The van der Waals surface area contributed by atoms with E-state index in [1.54, 1.807) is 6.92 Å². The van der Waals surface area contributed by atoms with Crippen molar-refractivity contribution < 1.29 is 4.79 Å². The Hall–Kier alpha value is -1.21. The van der Waals surface area contributed by atoms with Gasteiger partial charge < -0.3 is 9.80 Å². The lowest BCUT2D eigenvalue weighted by Crippen LogP contribution is -2.47. The van der Waals surface area contributed by atoms with Crippen molar-refractivity contribution in [2.75, 3.05) is 26.2 Å². The number of piperazine rings is 1. The Labute approximate surface area is 79.3 Å². The number of carbonyl (C=O) groups is 1.